The summed E-state index contributed by atoms with van der Waals surface area (Å²) in [5.41, 5.74) is -4.65. The van der Waals surface area contributed by atoms with Crippen molar-refractivity contribution in [1.82, 2.24) is 0 Å². The van der Waals surface area contributed by atoms with Gasteiger partial charge >= 0.3 is 6.18 Å². The van der Waals surface area contributed by atoms with Crippen LogP contribution in [0.4, 0.5) is 22.0 Å². The molecule has 0 spiro atoms. The highest BCUT2D eigenvalue weighted by Gasteiger charge is 2.43. The Kier molecular flexibility index (Phi) is 6.27. The third kappa shape index (κ3) is 4.72. The highest BCUT2D eigenvalue weighted by molar-refractivity contribution is 7.85. The van der Waals surface area contributed by atoms with Crippen LogP contribution in [0.15, 0.2) is 0 Å². The van der Waals surface area contributed by atoms with Crippen molar-refractivity contribution < 1.29 is 45.1 Å². The van der Waals surface area contributed by atoms with Gasteiger partial charge in [-0.1, -0.05) is 6.92 Å². The number of rotatable bonds is 6. The van der Waals surface area contributed by atoms with Crippen LogP contribution < -0.4 is 0 Å². The first-order valence-electron chi connectivity index (χ1n) is 7.11. The molecule has 0 fully saturated rings. The quantitative estimate of drug-likeness (QED) is 0.384. The van der Waals surface area contributed by atoms with Gasteiger partial charge in [-0.15, -0.1) is 0 Å². The van der Waals surface area contributed by atoms with Crippen molar-refractivity contribution >= 4 is 10.1 Å². The van der Waals surface area contributed by atoms with Gasteiger partial charge < -0.3 is 10.2 Å². The summed E-state index contributed by atoms with van der Waals surface area (Å²) in [5.74, 6) is -3.98. The second-order valence-electron chi connectivity index (χ2n) is 5.44. The van der Waals surface area contributed by atoms with E-state index in [0.29, 0.717) is 0 Å². The predicted molar refractivity (Wildman–Crippen MR) is 78.5 cm³/mol. The number of aromatic hydroxyl groups is 2. The first kappa shape index (κ1) is 21.4. The maximum absolute atomic E-state index is 14.3. The summed E-state index contributed by atoms with van der Waals surface area (Å²) in [5, 5.41) is 19.8. The van der Waals surface area contributed by atoms with Gasteiger partial charge in [0, 0.05) is 16.7 Å². The van der Waals surface area contributed by atoms with Crippen molar-refractivity contribution in [2.24, 2.45) is 0 Å². The number of phenols is 2. The lowest BCUT2D eigenvalue weighted by atomic mass is 9.89. The van der Waals surface area contributed by atoms with Crippen molar-refractivity contribution in [2.75, 3.05) is 5.75 Å². The lowest BCUT2D eigenvalue weighted by Crippen LogP contribution is -2.16. The molecule has 1 aromatic carbocycles. The molecule has 0 saturated heterocycles. The Hall–Kier alpha value is -1.62. The molecule has 11 heteroatoms. The summed E-state index contributed by atoms with van der Waals surface area (Å²) in [4.78, 5) is 0. The molecule has 2 atom stereocenters. The van der Waals surface area contributed by atoms with E-state index in [0.717, 1.165) is 6.92 Å². The Morgan fingerprint density at radius 3 is 1.96 bits per heavy atom. The molecule has 0 aromatic heterocycles. The lowest BCUT2D eigenvalue weighted by Gasteiger charge is -2.24. The largest absolute Gasteiger partial charge is 0.507 e. The SMILES string of the molecule is CCC(F)c1c(C)c(O)c(C(F)CCS(=O)(=O)O)c(C(F)(F)F)c1O. The second-order valence-corrected chi connectivity index (χ2v) is 7.01. The Morgan fingerprint density at radius 1 is 1.04 bits per heavy atom. The van der Waals surface area contributed by atoms with Gasteiger partial charge in [0.05, 0.1) is 5.75 Å². The second kappa shape index (κ2) is 7.32. The highest BCUT2D eigenvalue weighted by atomic mass is 32.2. The highest BCUT2D eigenvalue weighted by Crippen LogP contribution is 2.51. The fraction of sp³-hybridized carbons (Fsp3) is 0.571. The summed E-state index contributed by atoms with van der Waals surface area (Å²) in [6.07, 6.45) is -11.4. The van der Waals surface area contributed by atoms with Gasteiger partial charge in [-0.2, -0.15) is 21.6 Å². The van der Waals surface area contributed by atoms with Crippen LogP contribution in [0.25, 0.3) is 0 Å². The van der Waals surface area contributed by atoms with Crippen molar-refractivity contribution in [3.63, 3.8) is 0 Å². The fourth-order valence-electron chi connectivity index (χ4n) is 2.46. The van der Waals surface area contributed by atoms with E-state index < -0.39 is 74.6 Å². The maximum atomic E-state index is 14.3. The zero-order valence-corrected chi connectivity index (χ0v) is 14.0. The van der Waals surface area contributed by atoms with E-state index in [4.69, 9.17) is 4.55 Å². The van der Waals surface area contributed by atoms with Crippen LogP contribution in [-0.2, 0) is 16.3 Å². The summed E-state index contributed by atoms with van der Waals surface area (Å²) in [6, 6.07) is 0. The number of phenolic OH excluding ortho intramolecular Hbond substituents is 2. The summed E-state index contributed by atoms with van der Waals surface area (Å²) < 4.78 is 97.9. The third-order valence-corrected chi connectivity index (χ3v) is 4.42. The average molecular weight is 392 g/mol. The Labute approximate surface area is 140 Å². The standard InChI is InChI=1S/C14H17F5O5S/c1-3-7(15)9-6(2)12(20)10(8(16)4-5-25(22,23)24)11(13(9)21)14(17,18)19/h7-8,20-21H,3-5H2,1-2H3,(H,22,23,24). The number of hydrogen-bond donors (Lipinski definition) is 3. The maximum Gasteiger partial charge on any atom is 0.420 e. The topological polar surface area (TPSA) is 94.8 Å². The fourth-order valence-corrected chi connectivity index (χ4v) is 2.97. The first-order valence-corrected chi connectivity index (χ1v) is 8.72. The molecule has 1 aromatic rings. The summed E-state index contributed by atoms with van der Waals surface area (Å²) in [7, 11) is -4.66. The van der Waals surface area contributed by atoms with E-state index in [2.05, 4.69) is 0 Å². The van der Waals surface area contributed by atoms with Gasteiger partial charge in [-0.05, 0) is 19.8 Å². The molecule has 0 aliphatic carbocycles. The monoisotopic (exact) mass is 392 g/mol. The Balaban J connectivity index is 3.67. The van der Waals surface area contributed by atoms with Crippen LogP contribution >= 0.6 is 0 Å². The van der Waals surface area contributed by atoms with E-state index >= 15 is 0 Å². The molecular formula is C14H17F5O5S. The van der Waals surface area contributed by atoms with Gasteiger partial charge in [0.1, 0.15) is 29.4 Å². The molecular weight excluding hydrogens is 375 g/mol. The molecule has 0 bridgehead atoms. The van der Waals surface area contributed by atoms with Crippen LogP contribution in [-0.4, -0.2) is 28.9 Å². The zero-order valence-electron chi connectivity index (χ0n) is 13.2. The van der Waals surface area contributed by atoms with Crippen molar-refractivity contribution in [3.05, 3.63) is 22.3 Å². The number of benzene rings is 1. The Morgan fingerprint density at radius 2 is 1.56 bits per heavy atom. The van der Waals surface area contributed by atoms with Crippen LogP contribution in [0.1, 0.15) is 54.4 Å². The molecule has 0 heterocycles. The molecule has 0 aliphatic rings. The molecule has 0 saturated carbocycles. The van der Waals surface area contributed by atoms with Gasteiger partial charge in [0.25, 0.3) is 10.1 Å². The predicted octanol–water partition coefficient (Wildman–Crippen LogP) is 4.13. The van der Waals surface area contributed by atoms with E-state index in [-0.39, 0.29) is 6.42 Å². The summed E-state index contributed by atoms with van der Waals surface area (Å²) in [6.45, 7) is 2.30. The molecule has 5 nitrogen and oxygen atoms in total. The van der Waals surface area contributed by atoms with Gasteiger partial charge in [0.2, 0.25) is 0 Å². The summed E-state index contributed by atoms with van der Waals surface area (Å²) >= 11 is 0. The minimum Gasteiger partial charge on any atom is -0.507 e. The molecule has 3 N–H and O–H groups in total. The van der Waals surface area contributed by atoms with Crippen molar-refractivity contribution in [3.8, 4) is 11.5 Å². The molecule has 2 unspecified atom stereocenters. The van der Waals surface area contributed by atoms with Crippen LogP contribution in [0.5, 0.6) is 11.5 Å². The number of hydrogen-bond acceptors (Lipinski definition) is 4. The number of alkyl halides is 5. The van der Waals surface area contributed by atoms with Crippen LogP contribution in [0, 0.1) is 6.92 Å². The van der Waals surface area contributed by atoms with E-state index in [9.17, 15) is 40.6 Å². The molecule has 1 rings (SSSR count). The zero-order chi connectivity index (χ0) is 19.7. The molecule has 0 amide bonds. The van der Waals surface area contributed by atoms with E-state index in [1.165, 1.54) is 6.92 Å². The smallest absolute Gasteiger partial charge is 0.420 e. The van der Waals surface area contributed by atoms with Gasteiger partial charge in [0.15, 0.2) is 0 Å². The van der Waals surface area contributed by atoms with Crippen LogP contribution in [0.3, 0.4) is 0 Å². The minimum atomic E-state index is -5.34. The number of halogens is 5. The molecule has 0 radical (unpaired) electrons. The minimum absolute atomic E-state index is 0.299. The van der Waals surface area contributed by atoms with Crippen molar-refractivity contribution in [2.45, 2.75) is 45.2 Å². The normalized spacial score (nSPS) is 15.2. The van der Waals surface area contributed by atoms with Crippen molar-refractivity contribution in [1.29, 1.82) is 0 Å². The third-order valence-electron chi connectivity index (χ3n) is 3.67. The Bertz CT molecular complexity index is 745. The first-order chi connectivity index (χ1) is 11.2. The molecule has 25 heavy (non-hydrogen) atoms. The molecule has 144 valence electrons. The van der Waals surface area contributed by atoms with Gasteiger partial charge in [-0.25, -0.2) is 8.78 Å². The van der Waals surface area contributed by atoms with E-state index in [1.54, 1.807) is 0 Å². The van der Waals surface area contributed by atoms with Crippen LogP contribution in [0.2, 0.25) is 0 Å². The molecule has 0 aliphatic heterocycles. The van der Waals surface area contributed by atoms with Gasteiger partial charge in [-0.3, -0.25) is 4.55 Å². The van der Waals surface area contributed by atoms with E-state index in [1.807, 2.05) is 0 Å². The lowest BCUT2D eigenvalue weighted by molar-refractivity contribution is -0.140. The average Bonchev–Trinajstić information content (AvgIpc) is 2.45.